The van der Waals surface area contributed by atoms with Gasteiger partial charge in [-0.05, 0) is 38.5 Å². The number of anilines is 1. The monoisotopic (exact) mass is 302 g/mol. The fourth-order valence-corrected chi connectivity index (χ4v) is 2.58. The van der Waals surface area contributed by atoms with Crippen molar-refractivity contribution in [2.24, 2.45) is 7.05 Å². The second-order valence-corrected chi connectivity index (χ2v) is 5.52. The molecule has 2 rings (SSSR count). The van der Waals surface area contributed by atoms with Crippen LogP contribution in [0, 0.1) is 0 Å². The molecule has 5 nitrogen and oxygen atoms in total. The number of aromatic nitrogens is 2. The predicted octanol–water partition coefficient (Wildman–Crippen LogP) is 2.47. The minimum atomic E-state index is 0.00359. The lowest BCUT2D eigenvalue weighted by molar-refractivity contribution is 0.298. The molecule has 0 aliphatic carbocycles. The number of fused-ring (bicyclic) bond motifs is 1. The number of aryl methyl sites for hydroxylation is 1. The van der Waals surface area contributed by atoms with Crippen molar-refractivity contribution in [3.63, 3.8) is 0 Å². The highest BCUT2D eigenvalue weighted by Crippen LogP contribution is 2.14. The fourth-order valence-electron chi connectivity index (χ4n) is 2.58. The number of hydrogen-bond donors (Lipinski definition) is 1. The van der Waals surface area contributed by atoms with E-state index in [9.17, 15) is 4.79 Å². The van der Waals surface area contributed by atoms with Crippen LogP contribution in [0.4, 0.5) is 5.82 Å². The first-order valence-corrected chi connectivity index (χ1v) is 8.07. The summed E-state index contributed by atoms with van der Waals surface area (Å²) < 4.78 is 1.66. The molecule has 0 aromatic carbocycles. The summed E-state index contributed by atoms with van der Waals surface area (Å²) in [7, 11) is 1.79. The van der Waals surface area contributed by atoms with Crippen molar-refractivity contribution in [3.05, 3.63) is 34.7 Å². The molecular weight excluding hydrogens is 276 g/mol. The zero-order valence-electron chi connectivity index (χ0n) is 13.8. The third kappa shape index (κ3) is 4.07. The molecule has 0 spiro atoms. The first-order chi connectivity index (χ1) is 10.7. The molecule has 22 heavy (non-hydrogen) atoms. The number of hydrogen-bond acceptors (Lipinski definition) is 4. The van der Waals surface area contributed by atoms with Crippen LogP contribution in [0.1, 0.15) is 26.7 Å². The van der Waals surface area contributed by atoms with Gasteiger partial charge < -0.3 is 14.8 Å². The lowest BCUT2D eigenvalue weighted by atomic mass is 10.2. The number of unbranched alkanes of at least 4 members (excludes halogenated alkanes) is 1. The lowest BCUT2D eigenvalue weighted by Crippen LogP contribution is -2.24. The minimum Gasteiger partial charge on any atom is -0.370 e. The van der Waals surface area contributed by atoms with Gasteiger partial charge >= 0.3 is 0 Å². The second kappa shape index (κ2) is 7.94. The predicted molar refractivity (Wildman–Crippen MR) is 92.5 cm³/mol. The van der Waals surface area contributed by atoms with Crippen LogP contribution in [0.2, 0.25) is 0 Å². The molecule has 0 radical (unpaired) electrons. The van der Waals surface area contributed by atoms with Gasteiger partial charge in [0.25, 0.3) is 5.56 Å². The molecule has 0 fully saturated rings. The van der Waals surface area contributed by atoms with E-state index in [-0.39, 0.29) is 5.56 Å². The smallest absolute Gasteiger partial charge is 0.250 e. The van der Waals surface area contributed by atoms with Crippen LogP contribution in [-0.2, 0) is 7.05 Å². The summed E-state index contributed by atoms with van der Waals surface area (Å²) in [4.78, 5) is 18.5. The Labute approximate surface area is 132 Å². The quantitative estimate of drug-likeness (QED) is 0.761. The Hall–Kier alpha value is -1.88. The van der Waals surface area contributed by atoms with Crippen LogP contribution in [-0.4, -0.2) is 40.6 Å². The van der Waals surface area contributed by atoms with E-state index in [2.05, 4.69) is 29.0 Å². The van der Waals surface area contributed by atoms with E-state index in [0.717, 1.165) is 49.3 Å². The SMILES string of the molecule is CCN(CC)CCCCNc1cc2c(ccc(=O)n2C)cn1. The average Bonchev–Trinajstić information content (AvgIpc) is 2.55. The summed E-state index contributed by atoms with van der Waals surface area (Å²) in [6.45, 7) is 8.68. The standard InChI is InChI=1S/C17H26N4O/c1-4-21(5-2)11-7-6-10-18-16-12-15-14(13-19-16)8-9-17(22)20(15)3/h8-9,12-13H,4-7,10-11H2,1-3H3,(H,18,19). The van der Waals surface area contributed by atoms with E-state index in [1.165, 1.54) is 6.42 Å². The van der Waals surface area contributed by atoms with Crippen LogP contribution in [0.3, 0.4) is 0 Å². The molecule has 5 heteroatoms. The molecule has 0 atom stereocenters. The lowest BCUT2D eigenvalue weighted by Gasteiger charge is -2.17. The Bertz CT molecular complexity index is 661. The molecule has 0 saturated heterocycles. The summed E-state index contributed by atoms with van der Waals surface area (Å²) in [5.74, 6) is 0.830. The molecule has 0 unspecified atom stereocenters. The first kappa shape index (κ1) is 16.5. The zero-order chi connectivity index (χ0) is 15.9. The summed E-state index contributed by atoms with van der Waals surface area (Å²) in [5.41, 5.74) is 0.914. The molecular formula is C17H26N4O. The highest BCUT2D eigenvalue weighted by Gasteiger charge is 2.02. The van der Waals surface area contributed by atoms with Crippen molar-refractivity contribution in [1.82, 2.24) is 14.5 Å². The Morgan fingerprint density at radius 3 is 2.73 bits per heavy atom. The van der Waals surface area contributed by atoms with Crippen molar-refractivity contribution in [2.45, 2.75) is 26.7 Å². The Kier molecular flexibility index (Phi) is 5.95. The molecule has 2 aromatic rings. The topological polar surface area (TPSA) is 50.2 Å². The third-order valence-electron chi connectivity index (χ3n) is 4.11. The van der Waals surface area contributed by atoms with Gasteiger partial charge in [0.2, 0.25) is 0 Å². The summed E-state index contributed by atoms with van der Waals surface area (Å²) in [6.07, 6.45) is 4.11. The molecule has 120 valence electrons. The maximum absolute atomic E-state index is 11.7. The van der Waals surface area contributed by atoms with Crippen molar-refractivity contribution in [1.29, 1.82) is 0 Å². The molecule has 2 aromatic heterocycles. The van der Waals surface area contributed by atoms with Gasteiger partial charge in [0.05, 0.1) is 5.52 Å². The van der Waals surface area contributed by atoms with Gasteiger partial charge in [-0.15, -0.1) is 0 Å². The minimum absolute atomic E-state index is 0.00359. The molecule has 0 bridgehead atoms. The highest BCUT2D eigenvalue weighted by molar-refractivity contribution is 5.80. The van der Waals surface area contributed by atoms with Crippen LogP contribution in [0.25, 0.3) is 10.9 Å². The number of pyridine rings is 2. The van der Waals surface area contributed by atoms with Crippen LogP contribution < -0.4 is 10.9 Å². The van der Waals surface area contributed by atoms with Gasteiger partial charge in [-0.1, -0.05) is 13.8 Å². The highest BCUT2D eigenvalue weighted by atomic mass is 16.1. The largest absolute Gasteiger partial charge is 0.370 e. The zero-order valence-corrected chi connectivity index (χ0v) is 13.8. The van der Waals surface area contributed by atoms with Crippen LogP contribution in [0.5, 0.6) is 0 Å². The molecule has 0 saturated carbocycles. The molecule has 1 N–H and O–H groups in total. The third-order valence-corrected chi connectivity index (χ3v) is 4.11. The van der Waals surface area contributed by atoms with E-state index in [1.54, 1.807) is 17.7 Å². The number of rotatable bonds is 8. The van der Waals surface area contributed by atoms with Crippen molar-refractivity contribution in [3.8, 4) is 0 Å². The Balaban J connectivity index is 1.90. The van der Waals surface area contributed by atoms with Crippen LogP contribution >= 0.6 is 0 Å². The fraction of sp³-hybridized carbons (Fsp3) is 0.529. The van der Waals surface area contributed by atoms with E-state index >= 15 is 0 Å². The van der Waals surface area contributed by atoms with E-state index in [1.807, 2.05) is 18.3 Å². The van der Waals surface area contributed by atoms with Gasteiger partial charge in [-0.2, -0.15) is 0 Å². The molecule has 0 aliphatic heterocycles. The summed E-state index contributed by atoms with van der Waals surface area (Å²) in [6, 6.07) is 5.34. The Morgan fingerprint density at radius 1 is 1.23 bits per heavy atom. The van der Waals surface area contributed by atoms with E-state index in [4.69, 9.17) is 0 Å². The molecule has 0 amide bonds. The molecule has 2 heterocycles. The second-order valence-electron chi connectivity index (χ2n) is 5.52. The normalized spacial score (nSPS) is 11.3. The number of nitrogens with zero attached hydrogens (tertiary/aromatic N) is 3. The van der Waals surface area contributed by atoms with Gasteiger partial charge in [0.1, 0.15) is 5.82 Å². The summed E-state index contributed by atoms with van der Waals surface area (Å²) >= 11 is 0. The number of nitrogens with one attached hydrogen (secondary N) is 1. The van der Waals surface area contributed by atoms with E-state index < -0.39 is 0 Å². The molecule has 0 aliphatic rings. The van der Waals surface area contributed by atoms with Gasteiger partial charge in [-0.3, -0.25) is 4.79 Å². The summed E-state index contributed by atoms with van der Waals surface area (Å²) in [5, 5.41) is 4.33. The van der Waals surface area contributed by atoms with Gasteiger partial charge in [0.15, 0.2) is 0 Å². The van der Waals surface area contributed by atoms with Gasteiger partial charge in [0, 0.05) is 37.3 Å². The van der Waals surface area contributed by atoms with Crippen molar-refractivity contribution >= 4 is 16.7 Å². The van der Waals surface area contributed by atoms with Crippen molar-refractivity contribution in [2.75, 3.05) is 31.5 Å². The maximum atomic E-state index is 11.7. The first-order valence-electron chi connectivity index (χ1n) is 8.07. The van der Waals surface area contributed by atoms with Crippen LogP contribution in [0.15, 0.2) is 29.2 Å². The average molecular weight is 302 g/mol. The van der Waals surface area contributed by atoms with Gasteiger partial charge in [-0.25, -0.2) is 4.98 Å². The maximum Gasteiger partial charge on any atom is 0.250 e. The van der Waals surface area contributed by atoms with E-state index in [0.29, 0.717) is 0 Å². The van der Waals surface area contributed by atoms with Crippen molar-refractivity contribution < 1.29 is 0 Å². The Morgan fingerprint density at radius 2 is 2.00 bits per heavy atom.